The summed E-state index contributed by atoms with van der Waals surface area (Å²) in [5.41, 5.74) is 0. The minimum Gasteiger partial charge on any atom is -0.357 e. The Morgan fingerprint density at radius 3 is 2.47 bits per heavy atom. The molecule has 0 unspecified atom stereocenters. The van der Waals surface area contributed by atoms with Gasteiger partial charge < -0.3 is 10.6 Å². The Morgan fingerprint density at radius 2 is 1.84 bits per heavy atom. The minimum atomic E-state index is 0.742. The topological polar surface area (TPSA) is 36.4 Å². The van der Waals surface area contributed by atoms with E-state index < -0.39 is 0 Å². The van der Waals surface area contributed by atoms with Crippen molar-refractivity contribution in [2.75, 3.05) is 13.1 Å². The fourth-order valence-electron chi connectivity index (χ4n) is 1.66. The van der Waals surface area contributed by atoms with Gasteiger partial charge in [-0.15, -0.1) is 22.7 Å². The Labute approximate surface area is 122 Å². The van der Waals surface area contributed by atoms with Crippen molar-refractivity contribution in [3.8, 4) is 0 Å². The number of hydrogen-bond donors (Lipinski definition) is 2. The molecule has 2 aromatic rings. The first-order chi connectivity index (χ1) is 9.38. The maximum absolute atomic E-state index is 4.58. The average Bonchev–Trinajstić information content (AvgIpc) is 3.09. The number of thiophene rings is 2. The number of aliphatic imine (C=N–C) groups is 1. The summed E-state index contributed by atoms with van der Waals surface area (Å²) in [6, 6.07) is 8.44. The molecule has 2 rings (SSSR count). The normalized spacial score (nSPS) is 11.5. The maximum atomic E-state index is 4.58. The molecule has 0 bridgehead atoms. The first-order valence-electron chi connectivity index (χ1n) is 6.45. The summed E-state index contributed by atoms with van der Waals surface area (Å²) in [4.78, 5) is 7.27. The van der Waals surface area contributed by atoms with Gasteiger partial charge in [0, 0.05) is 22.8 Å². The molecule has 19 heavy (non-hydrogen) atoms. The number of nitrogens with one attached hydrogen (secondary N) is 2. The van der Waals surface area contributed by atoms with Gasteiger partial charge in [0.05, 0.1) is 6.54 Å². The summed E-state index contributed by atoms with van der Waals surface area (Å²) in [7, 11) is 0. The highest BCUT2D eigenvalue weighted by atomic mass is 32.1. The number of guanidine groups is 1. The van der Waals surface area contributed by atoms with Gasteiger partial charge in [0.2, 0.25) is 0 Å². The van der Waals surface area contributed by atoms with Crippen molar-refractivity contribution in [1.82, 2.24) is 10.6 Å². The summed E-state index contributed by atoms with van der Waals surface area (Å²) >= 11 is 3.54. The third kappa shape index (κ3) is 5.04. The Kier molecular flexibility index (Phi) is 5.91. The minimum absolute atomic E-state index is 0.742. The molecule has 2 N–H and O–H groups in total. The van der Waals surface area contributed by atoms with E-state index in [-0.39, 0.29) is 0 Å². The molecule has 102 valence electrons. The molecule has 0 saturated heterocycles. The summed E-state index contributed by atoms with van der Waals surface area (Å²) < 4.78 is 0. The van der Waals surface area contributed by atoms with Gasteiger partial charge in [0.25, 0.3) is 0 Å². The lowest BCUT2D eigenvalue weighted by molar-refractivity contribution is 0.806. The van der Waals surface area contributed by atoms with Crippen LogP contribution < -0.4 is 10.6 Å². The number of hydrogen-bond acceptors (Lipinski definition) is 3. The van der Waals surface area contributed by atoms with Crippen molar-refractivity contribution in [2.45, 2.75) is 19.9 Å². The first kappa shape index (κ1) is 14.1. The van der Waals surface area contributed by atoms with E-state index in [4.69, 9.17) is 0 Å². The predicted octanol–water partition coefficient (Wildman–Crippen LogP) is 3.11. The molecule has 0 saturated carbocycles. The van der Waals surface area contributed by atoms with E-state index in [1.807, 2.05) is 0 Å². The van der Waals surface area contributed by atoms with Crippen molar-refractivity contribution in [1.29, 1.82) is 0 Å². The van der Waals surface area contributed by atoms with Gasteiger partial charge >= 0.3 is 0 Å². The van der Waals surface area contributed by atoms with Crippen molar-refractivity contribution < 1.29 is 0 Å². The van der Waals surface area contributed by atoms with E-state index in [9.17, 15) is 0 Å². The molecule has 0 aromatic carbocycles. The van der Waals surface area contributed by atoms with Crippen LogP contribution in [0, 0.1) is 0 Å². The summed E-state index contributed by atoms with van der Waals surface area (Å²) in [6.07, 6.45) is 1.04. The van der Waals surface area contributed by atoms with Crippen LogP contribution in [0.25, 0.3) is 0 Å². The number of nitrogens with zero attached hydrogens (tertiary/aromatic N) is 1. The Morgan fingerprint density at radius 1 is 1.11 bits per heavy atom. The van der Waals surface area contributed by atoms with Crippen LogP contribution in [0.1, 0.15) is 16.7 Å². The van der Waals surface area contributed by atoms with Crippen LogP contribution in [0.3, 0.4) is 0 Å². The van der Waals surface area contributed by atoms with E-state index in [1.165, 1.54) is 9.75 Å². The first-order valence-corrected chi connectivity index (χ1v) is 8.21. The van der Waals surface area contributed by atoms with E-state index in [2.05, 4.69) is 57.6 Å². The van der Waals surface area contributed by atoms with E-state index >= 15 is 0 Å². The van der Waals surface area contributed by atoms with Gasteiger partial charge in [-0.05, 0) is 36.2 Å². The summed E-state index contributed by atoms with van der Waals surface area (Å²) in [6.45, 7) is 4.62. The maximum Gasteiger partial charge on any atom is 0.191 e. The zero-order valence-corrected chi connectivity index (χ0v) is 12.7. The van der Waals surface area contributed by atoms with Gasteiger partial charge in [-0.2, -0.15) is 0 Å². The molecule has 0 spiro atoms. The lowest BCUT2D eigenvalue weighted by Gasteiger charge is -2.10. The van der Waals surface area contributed by atoms with Crippen LogP contribution in [-0.2, 0) is 13.0 Å². The molecular formula is C14H19N3S2. The smallest absolute Gasteiger partial charge is 0.191 e. The van der Waals surface area contributed by atoms with Crippen LogP contribution in [0.5, 0.6) is 0 Å². The summed E-state index contributed by atoms with van der Waals surface area (Å²) in [5.74, 6) is 0.896. The van der Waals surface area contributed by atoms with Crippen LogP contribution >= 0.6 is 22.7 Å². The molecule has 0 radical (unpaired) electrons. The second kappa shape index (κ2) is 7.96. The Balaban J connectivity index is 1.79. The van der Waals surface area contributed by atoms with E-state index in [0.717, 1.165) is 32.0 Å². The monoisotopic (exact) mass is 293 g/mol. The second-order valence-corrected chi connectivity index (χ2v) is 6.10. The standard InChI is InChI=1S/C14H19N3S2/c1-2-15-14(17-11-13-6-4-10-19-13)16-8-7-12-5-3-9-18-12/h3-6,9-10H,2,7-8,11H2,1H3,(H2,15,16,17). The Hall–Kier alpha value is -1.33. The fourth-order valence-corrected chi connectivity index (χ4v) is 3.00. The molecule has 0 aliphatic rings. The highest BCUT2D eigenvalue weighted by molar-refractivity contribution is 7.10. The van der Waals surface area contributed by atoms with Gasteiger partial charge in [-0.3, -0.25) is 0 Å². The molecule has 5 heteroatoms. The van der Waals surface area contributed by atoms with Gasteiger partial charge in [0.1, 0.15) is 0 Å². The number of rotatable bonds is 6. The van der Waals surface area contributed by atoms with Crippen molar-refractivity contribution in [3.63, 3.8) is 0 Å². The molecule has 2 aromatic heterocycles. The second-order valence-electron chi connectivity index (χ2n) is 4.03. The van der Waals surface area contributed by atoms with Crippen molar-refractivity contribution in [3.05, 3.63) is 44.8 Å². The highest BCUT2D eigenvalue weighted by Crippen LogP contribution is 2.09. The molecule has 2 heterocycles. The van der Waals surface area contributed by atoms with Crippen LogP contribution in [0.2, 0.25) is 0 Å². The van der Waals surface area contributed by atoms with Gasteiger partial charge in [0.15, 0.2) is 5.96 Å². The van der Waals surface area contributed by atoms with Crippen LogP contribution in [-0.4, -0.2) is 19.0 Å². The SMILES string of the molecule is CCNC(=NCc1cccs1)NCCc1cccs1. The van der Waals surface area contributed by atoms with Gasteiger partial charge in [-0.1, -0.05) is 12.1 Å². The zero-order valence-electron chi connectivity index (χ0n) is 11.1. The van der Waals surface area contributed by atoms with Gasteiger partial charge in [-0.25, -0.2) is 4.99 Å². The highest BCUT2D eigenvalue weighted by Gasteiger charge is 1.99. The largest absolute Gasteiger partial charge is 0.357 e. The molecule has 0 aliphatic carbocycles. The van der Waals surface area contributed by atoms with E-state index in [0.29, 0.717) is 0 Å². The third-order valence-electron chi connectivity index (χ3n) is 2.56. The quantitative estimate of drug-likeness (QED) is 0.634. The average molecular weight is 293 g/mol. The van der Waals surface area contributed by atoms with Crippen LogP contribution in [0.15, 0.2) is 40.0 Å². The molecule has 0 amide bonds. The molecular weight excluding hydrogens is 274 g/mol. The molecule has 0 fully saturated rings. The third-order valence-corrected chi connectivity index (χ3v) is 4.36. The summed E-state index contributed by atoms with van der Waals surface area (Å²) in [5, 5.41) is 10.8. The zero-order chi connectivity index (χ0) is 13.3. The predicted molar refractivity (Wildman–Crippen MR) is 85.2 cm³/mol. The molecule has 3 nitrogen and oxygen atoms in total. The molecule has 0 atom stereocenters. The van der Waals surface area contributed by atoms with E-state index in [1.54, 1.807) is 22.7 Å². The molecule has 0 aliphatic heterocycles. The fraction of sp³-hybridized carbons (Fsp3) is 0.357. The van der Waals surface area contributed by atoms with Crippen molar-refractivity contribution in [2.24, 2.45) is 4.99 Å². The van der Waals surface area contributed by atoms with Crippen LogP contribution in [0.4, 0.5) is 0 Å². The lowest BCUT2D eigenvalue weighted by Crippen LogP contribution is -2.38. The van der Waals surface area contributed by atoms with Crippen molar-refractivity contribution >= 4 is 28.6 Å². The lowest BCUT2D eigenvalue weighted by atomic mass is 10.3. The Bertz CT molecular complexity index is 475.